The Bertz CT molecular complexity index is 1120. The summed E-state index contributed by atoms with van der Waals surface area (Å²) in [6.07, 6.45) is 3.46. The van der Waals surface area contributed by atoms with Gasteiger partial charge in [0.15, 0.2) is 0 Å². The Kier molecular flexibility index (Phi) is 5.84. The van der Waals surface area contributed by atoms with Crippen LogP contribution in [0.2, 0.25) is 5.02 Å². The van der Waals surface area contributed by atoms with E-state index in [1.54, 1.807) is 24.5 Å². The number of aromatic nitrogens is 1. The molecule has 9 heteroatoms. The zero-order valence-electron chi connectivity index (χ0n) is 15.7. The van der Waals surface area contributed by atoms with Gasteiger partial charge in [0.1, 0.15) is 11.6 Å². The Morgan fingerprint density at radius 3 is 2.30 bits per heavy atom. The van der Waals surface area contributed by atoms with Gasteiger partial charge in [-0.2, -0.15) is 0 Å². The molecule has 156 valence electrons. The predicted molar refractivity (Wildman–Crippen MR) is 110 cm³/mol. The second-order valence-electron chi connectivity index (χ2n) is 7.12. The molecule has 0 aliphatic carbocycles. The van der Waals surface area contributed by atoms with Crippen LogP contribution in [-0.4, -0.2) is 37.4 Å². The maximum atomic E-state index is 13.4. The maximum Gasteiger partial charge on any atom is 0.241 e. The van der Waals surface area contributed by atoms with Gasteiger partial charge in [-0.3, -0.25) is 9.88 Å². The van der Waals surface area contributed by atoms with E-state index in [1.807, 2.05) is 24.3 Å². The molecule has 0 spiro atoms. The molecule has 1 saturated heterocycles. The average Bonchev–Trinajstić information content (AvgIpc) is 2.67. The van der Waals surface area contributed by atoms with Crippen LogP contribution in [0, 0.1) is 11.6 Å². The van der Waals surface area contributed by atoms with Crippen molar-refractivity contribution in [3.05, 3.63) is 94.8 Å². The number of nitrogens with zero attached hydrogens (tertiary/aromatic N) is 2. The number of likely N-dealkylation sites (tertiary alicyclic amines) is 1. The molecule has 0 bridgehead atoms. The topological polar surface area (TPSA) is 62.3 Å². The molecule has 3 aromatic rings. The molecule has 30 heavy (non-hydrogen) atoms. The number of pyridine rings is 1. The van der Waals surface area contributed by atoms with Gasteiger partial charge in [-0.15, -0.1) is 0 Å². The van der Waals surface area contributed by atoms with Crippen LogP contribution in [0.1, 0.15) is 17.2 Å². The standard InChI is InChI=1S/C21H18ClF2N3O2S/c22-16-5-3-14(4-6-16)21(15-2-1-7-25-11-15)27-12-19(13-27)26-30(28,29)20-9-17(23)8-18(24)10-20/h1-11,19,21,26H,12-13H2. The first-order chi connectivity index (χ1) is 14.3. The number of hydrogen-bond donors (Lipinski definition) is 1. The minimum atomic E-state index is -4.04. The minimum Gasteiger partial charge on any atom is -0.289 e. The molecule has 2 heterocycles. The summed E-state index contributed by atoms with van der Waals surface area (Å²) in [5.74, 6) is -1.88. The maximum absolute atomic E-state index is 13.4. The fraction of sp³-hybridized carbons (Fsp3) is 0.190. The lowest BCUT2D eigenvalue weighted by Gasteiger charge is -2.44. The van der Waals surface area contributed by atoms with Gasteiger partial charge < -0.3 is 0 Å². The summed E-state index contributed by atoms with van der Waals surface area (Å²) in [6.45, 7) is 0.860. The third-order valence-electron chi connectivity index (χ3n) is 4.93. The van der Waals surface area contributed by atoms with Crippen LogP contribution >= 0.6 is 11.6 Å². The summed E-state index contributed by atoms with van der Waals surface area (Å²) in [5.41, 5.74) is 1.97. The van der Waals surface area contributed by atoms with Gasteiger partial charge in [0, 0.05) is 42.6 Å². The van der Waals surface area contributed by atoms with Gasteiger partial charge >= 0.3 is 0 Å². The van der Waals surface area contributed by atoms with E-state index < -0.39 is 26.6 Å². The zero-order valence-corrected chi connectivity index (χ0v) is 17.2. The SMILES string of the molecule is O=S(=O)(NC1CN(C(c2ccc(Cl)cc2)c2cccnc2)C1)c1cc(F)cc(F)c1. The second-order valence-corrected chi connectivity index (χ2v) is 9.27. The number of benzene rings is 2. The van der Waals surface area contributed by atoms with E-state index in [-0.39, 0.29) is 12.1 Å². The molecule has 0 amide bonds. The third-order valence-corrected chi connectivity index (χ3v) is 6.68. The van der Waals surface area contributed by atoms with Crippen molar-refractivity contribution in [2.45, 2.75) is 17.0 Å². The van der Waals surface area contributed by atoms with E-state index in [2.05, 4.69) is 14.6 Å². The lowest BCUT2D eigenvalue weighted by atomic mass is 9.94. The third kappa shape index (κ3) is 4.52. The molecule has 1 N–H and O–H groups in total. The van der Waals surface area contributed by atoms with Crippen molar-refractivity contribution in [1.82, 2.24) is 14.6 Å². The molecule has 1 unspecified atom stereocenters. The summed E-state index contributed by atoms with van der Waals surface area (Å²) < 4.78 is 54.3. The Hall–Kier alpha value is -2.39. The molecule has 0 saturated carbocycles. The highest BCUT2D eigenvalue weighted by atomic mass is 35.5. The number of rotatable bonds is 6. The quantitative estimate of drug-likeness (QED) is 0.622. The van der Waals surface area contributed by atoms with E-state index in [0.29, 0.717) is 24.2 Å². The monoisotopic (exact) mass is 449 g/mol. The normalized spacial score (nSPS) is 16.2. The first-order valence-electron chi connectivity index (χ1n) is 9.20. The van der Waals surface area contributed by atoms with Crippen molar-refractivity contribution in [2.75, 3.05) is 13.1 Å². The van der Waals surface area contributed by atoms with E-state index >= 15 is 0 Å². The summed E-state index contributed by atoms with van der Waals surface area (Å²) in [5, 5.41) is 0.625. The molecular formula is C21H18ClF2N3O2S. The highest BCUT2D eigenvalue weighted by Crippen LogP contribution is 2.33. The van der Waals surface area contributed by atoms with Crippen LogP contribution < -0.4 is 4.72 Å². The number of hydrogen-bond acceptors (Lipinski definition) is 4. The van der Waals surface area contributed by atoms with Crippen LogP contribution in [0.15, 0.2) is 71.9 Å². The Labute approximate surface area is 178 Å². The summed E-state index contributed by atoms with van der Waals surface area (Å²) >= 11 is 6.01. The summed E-state index contributed by atoms with van der Waals surface area (Å²) in [6, 6.07) is 13.0. The van der Waals surface area contributed by atoms with E-state index in [1.165, 1.54) is 0 Å². The molecule has 4 rings (SSSR count). The molecule has 1 fully saturated rings. The first-order valence-corrected chi connectivity index (χ1v) is 11.1. The van der Waals surface area contributed by atoms with Crippen LogP contribution in [0.3, 0.4) is 0 Å². The van der Waals surface area contributed by atoms with Gasteiger partial charge in [-0.25, -0.2) is 21.9 Å². The minimum absolute atomic E-state index is 0.122. The van der Waals surface area contributed by atoms with Crippen molar-refractivity contribution in [3.63, 3.8) is 0 Å². The van der Waals surface area contributed by atoms with Crippen LogP contribution in [-0.2, 0) is 10.0 Å². The van der Waals surface area contributed by atoms with Crippen molar-refractivity contribution in [3.8, 4) is 0 Å². The molecule has 1 aliphatic heterocycles. The van der Waals surface area contributed by atoms with Crippen molar-refractivity contribution >= 4 is 21.6 Å². The Balaban J connectivity index is 1.51. The summed E-state index contributed by atoms with van der Waals surface area (Å²) in [7, 11) is -4.04. The molecule has 5 nitrogen and oxygen atoms in total. The largest absolute Gasteiger partial charge is 0.289 e. The predicted octanol–water partition coefficient (Wildman–Crippen LogP) is 3.77. The molecule has 0 radical (unpaired) electrons. The smallest absolute Gasteiger partial charge is 0.241 e. The number of halogens is 3. The van der Waals surface area contributed by atoms with Crippen LogP contribution in [0.4, 0.5) is 8.78 Å². The van der Waals surface area contributed by atoms with Gasteiger partial charge in [0.2, 0.25) is 10.0 Å². The summed E-state index contributed by atoms with van der Waals surface area (Å²) in [4.78, 5) is 5.85. The van der Waals surface area contributed by atoms with E-state index in [0.717, 1.165) is 23.3 Å². The van der Waals surface area contributed by atoms with Crippen LogP contribution in [0.5, 0.6) is 0 Å². The van der Waals surface area contributed by atoms with Gasteiger partial charge in [-0.1, -0.05) is 29.8 Å². The highest BCUT2D eigenvalue weighted by Gasteiger charge is 2.36. The number of nitrogens with one attached hydrogen (secondary N) is 1. The Morgan fingerprint density at radius 2 is 1.70 bits per heavy atom. The van der Waals surface area contributed by atoms with Crippen LogP contribution in [0.25, 0.3) is 0 Å². The molecule has 1 atom stereocenters. The van der Waals surface area contributed by atoms with E-state index in [9.17, 15) is 17.2 Å². The van der Waals surface area contributed by atoms with Crippen molar-refractivity contribution in [2.24, 2.45) is 0 Å². The van der Waals surface area contributed by atoms with Crippen molar-refractivity contribution in [1.29, 1.82) is 0 Å². The van der Waals surface area contributed by atoms with Gasteiger partial charge in [0.25, 0.3) is 0 Å². The lowest BCUT2D eigenvalue weighted by Crippen LogP contribution is -2.60. The van der Waals surface area contributed by atoms with Gasteiger partial charge in [-0.05, 0) is 41.5 Å². The second kappa shape index (κ2) is 8.39. The molecular weight excluding hydrogens is 432 g/mol. The molecule has 1 aromatic heterocycles. The zero-order chi connectivity index (χ0) is 21.3. The lowest BCUT2D eigenvalue weighted by molar-refractivity contribution is 0.105. The fourth-order valence-electron chi connectivity index (χ4n) is 3.57. The molecule has 1 aliphatic rings. The van der Waals surface area contributed by atoms with Crippen molar-refractivity contribution < 1.29 is 17.2 Å². The Morgan fingerprint density at radius 1 is 1.03 bits per heavy atom. The van der Waals surface area contributed by atoms with Gasteiger partial charge in [0.05, 0.1) is 10.9 Å². The molecule has 2 aromatic carbocycles. The fourth-order valence-corrected chi connectivity index (χ4v) is 4.95. The highest BCUT2D eigenvalue weighted by molar-refractivity contribution is 7.89. The van der Waals surface area contributed by atoms with E-state index in [4.69, 9.17) is 11.6 Å². The number of sulfonamides is 1. The average molecular weight is 450 g/mol. The first kappa shape index (κ1) is 20.9.